The third-order valence-corrected chi connectivity index (χ3v) is 0. The van der Waals surface area contributed by atoms with Gasteiger partial charge in [-0.1, -0.05) is 0 Å². The fraction of sp³-hybridized carbons (Fsp3) is 0. The maximum atomic E-state index is 0. The Labute approximate surface area is 75.4 Å². The Kier molecular flexibility index (Phi) is 151. The molecule has 4 heteroatoms. The molecule has 0 saturated carbocycles. The largest absolute Gasteiger partial charge is 1.00 e. The second-order valence-corrected chi connectivity index (χ2v) is 0. The molecule has 0 aliphatic heterocycles. The van der Waals surface area contributed by atoms with Crippen LogP contribution in [0.4, 0.5) is 0 Å². The third kappa shape index (κ3) is 8.84. The quantitative estimate of drug-likeness (QED) is 0.380. The van der Waals surface area contributed by atoms with Crippen LogP contribution < -0.4 is 18.9 Å². The topological polar surface area (TPSA) is 0 Å². The van der Waals surface area contributed by atoms with Gasteiger partial charge in [0.15, 0.2) is 0 Å². The summed E-state index contributed by atoms with van der Waals surface area (Å²) in [6.45, 7) is 0. The molecule has 0 aromatic heterocycles. The van der Waals surface area contributed by atoms with Crippen LogP contribution in [0, 0.1) is 0 Å². The Hall–Kier alpha value is 2.35. The van der Waals surface area contributed by atoms with E-state index in [1.54, 1.807) is 0 Å². The predicted molar refractivity (Wildman–Crippen MR) is 1.11 cm³/mol. The minimum atomic E-state index is 0. The average molecular weight is 214 g/mol. The van der Waals surface area contributed by atoms with Gasteiger partial charge in [0, 0.05) is 55.9 Å². The molecule has 0 aliphatic carbocycles. The molecule has 24 valence electrons. The van der Waals surface area contributed by atoms with Gasteiger partial charge in [-0.3, -0.25) is 0 Å². The van der Waals surface area contributed by atoms with Gasteiger partial charge in [-0.2, -0.15) is 0 Å². The second-order valence-electron chi connectivity index (χ2n) is 0. The molecule has 0 bridgehead atoms. The molecule has 0 aromatic rings. The van der Waals surface area contributed by atoms with Crippen LogP contribution in [0.3, 0.4) is 0 Å². The van der Waals surface area contributed by atoms with Gasteiger partial charge in [0.2, 0.25) is 0 Å². The SMILES string of the molecule is [H-].[Li+].[Mn].[Nb].[Ni]. The van der Waals surface area contributed by atoms with Crippen LogP contribution in [0.1, 0.15) is 1.43 Å². The minimum absolute atomic E-state index is 0. The Morgan fingerprint density at radius 3 is 1.25 bits per heavy atom. The Balaban J connectivity index is 0. The maximum Gasteiger partial charge on any atom is 1.00 e. The van der Waals surface area contributed by atoms with Crippen LogP contribution in [0.25, 0.3) is 0 Å². The van der Waals surface area contributed by atoms with E-state index in [0.717, 1.165) is 0 Å². The number of hydrogen-bond donors (Lipinski definition) is 0. The van der Waals surface area contributed by atoms with Crippen LogP contribution in [-0.4, -0.2) is 0 Å². The van der Waals surface area contributed by atoms with E-state index >= 15 is 0 Å². The molecule has 0 unspecified atom stereocenters. The van der Waals surface area contributed by atoms with Crippen molar-refractivity contribution in [1.29, 1.82) is 0 Å². The van der Waals surface area contributed by atoms with Crippen molar-refractivity contribution in [3.05, 3.63) is 0 Å². The van der Waals surface area contributed by atoms with Crippen LogP contribution in [0.5, 0.6) is 0 Å². The fourth-order valence-corrected chi connectivity index (χ4v) is 0. The summed E-state index contributed by atoms with van der Waals surface area (Å²) in [5.41, 5.74) is 0. The second kappa shape index (κ2) is 18.3. The summed E-state index contributed by atoms with van der Waals surface area (Å²) in [5, 5.41) is 0. The van der Waals surface area contributed by atoms with Gasteiger partial charge < -0.3 is 1.43 Å². The molecule has 0 fully saturated rings. The zero-order valence-electron chi connectivity index (χ0n) is 3.14. The van der Waals surface area contributed by atoms with E-state index in [2.05, 4.69) is 0 Å². The number of hydrogen-bond acceptors (Lipinski definition) is 0. The molecule has 0 aromatic carbocycles. The molecule has 0 rings (SSSR count). The zero-order chi connectivity index (χ0) is 0. The summed E-state index contributed by atoms with van der Waals surface area (Å²) in [4.78, 5) is 0. The summed E-state index contributed by atoms with van der Waals surface area (Å²) < 4.78 is 0. The Morgan fingerprint density at radius 2 is 1.25 bits per heavy atom. The summed E-state index contributed by atoms with van der Waals surface area (Å²) in [6.07, 6.45) is 0. The van der Waals surface area contributed by atoms with Crippen molar-refractivity contribution in [2.75, 3.05) is 0 Å². The van der Waals surface area contributed by atoms with Crippen molar-refractivity contribution < 1.29 is 76.2 Å². The van der Waals surface area contributed by atoms with E-state index < -0.39 is 0 Å². The fourth-order valence-electron chi connectivity index (χ4n) is 0. The molecular formula is HLiMnNbNi. The van der Waals surface area contributed by atoms with Gasteiger partial charge in [-0.15, -0.1) is 0 Å². The number of rotatable bonds is 0. The van der Waals surface area contributed by atoms with E-state index in [1.807, 2.05) is 0 Å². The van der Waals surface area contributed by atoms with Gasteiger partial charge in [0.1, 0.15) is 0 Å². The summed E-state index contributed by atoms with van der Waals surface area (Å²) in [7, 11) is 0. The molecule has 0 amide bonds. The normalized spacial score (nSPS) is 0. The van der Waals surface area contributed by atoms with Gasteiger partial charge in [-0.25, -0.2) is 0 Å². The van der Waals surface area contributed by atoms with Crippen molar-refractivity contribution in [3.63, 3.8) is 0 Å². The zero-order valence-corrected chi connectivity index (χ0v) is 6.51. The van der Waals surface area contributed by atoms with Crippen LogP contribution in [0.2, 0.25) is 0 Å². The van der Waals surface area contributed by atoms with Crippen LogP contribution >= 0.6 is 0 Å². The first-order valence-electron chi connectivity index (χ1n) is 0. The first-order valence-corrected chi connectivity index (χ1v) is 0. The molecule has 0 heterocycles. The molecule has 2 radical (unpaired) electrons. The monoisotopic (exact) mass is 214 g/mol. The first-order chi connectivity index (χ1) is 0. The maximum absolute atomic E-state index is 0. The van der Waals surface area contributed by atoms with Crippen molar-refractivity contribution in [2.24, 2.45) is 0 Å². The van der Waals surface area contributed by atoms with E-state index in [1.165, 1.54) is 0 Å². The first kappa shape index (κ1) is 32.9. The summed E-state index contributed by atoms with van der Waals surface area (Å²) in [5.74, 6) is 0. The van der Waals surface area contributed by atoms with Crippen molar-refractivity contribution in [1.82, 2.24) is 0 Å². The standard InChI is InChI=1S/Li.Mn.Nb.Ni.H/q+1;;;;-1. The van der Waals surface area contributed by atoms with Crippen molar-refractivity contribution in [2.45, 2.75) is 0 Å². The van der Waals surface area contributed by atoms with E-state index in [0.29, 0.717) is 0 Å². The minimum Gasteiger partial charge on any atom is -1.00 e. The van der Waals surface area contributed by atoms with E-state index in [9.17, 15) is 0 Å². The molecule has 0 nitrogen and oxygen atoms in total. The van der Waals surface area contributed by atoms with Crippen molar-refractivity contribution >= 4 is 0 Å². The van der Waals surface area contributed by atoms with Gasteiger partial charge in [0.25, 0.3) is 0 Å². The Morgan fingerprint density at radius 1 is 1.25 bits per heavy atom. The molecule has 0 N–H and O–H groups in total. The van der Waals surface area contributed by atoms with E-state index in [4.69, 9.17) is 0 Å². The molecule has 0 atom stereocenters. The van der Waals surface area contributed by atoms with Crippen molar-refractivity contribution in [3.8, 4) is 0 Å². The summed E-state index contributed by atoms with van der Waals surface area (Å²) >= 11 is 0. The van der Waals surface area contributed by atoms with Gasteiger partial charge >= 0.3 is 18.9 Å². The molecule has 4 heavy (non-hydrogen) atoms. The van der Waals surface area contributed by atoms with E-state index in [-0.39, 0.29) is 76.2 Å². The van der Waals surface area contributed by atoms with Gasteiger partial charge in [-0.05, 0) is 0 Å². The predicted octanol–water partition coefficient (Wildman–Crippen LogP) is -2.89. The molecule has 0 aliphatic rings. The van der Waals surface area contributed by atoms with Gasteiger partial charge in [0.05, 0.1) is 0 Å². The summed E-state index contributed by atoms with van der Waals surface area (Å²) in [6, 6.07) is 0. The van der Waals surface area contributed by atoms with Crippen LogP contribution in [0.15, 0.2) is 0 Å². The molecule has 0 saturated heterocycles. The third-order valence-electron chi connectivity index (χ3n) is 0. The molecular weight excluding hydrogens is 213 g/mol. The van der Waals surface area contributed by atoms with Crippen LogP contribution in [-0.2, 0) is 55.9 Å². The smallest absolute Gasteiger partial charge is 1.00 e. The average Bonchev–Trinajstić information content (AvgIpc) is 0. The molecule has 0 spiro atoms. The Bertz CT molecular complexity index is 11.6.